The van der Waals surface area contributed by atoms with Crippen LogP contribution in [-0.4, -0.2) is 27.8 Å². The van der Waals surface area contributed by atoms with Crippen LogP contribution < -0.4 is 5.73 Å². The van der Waals surface area contributed by atoms with E-state index in [4.69, 9.17) is 5.73 Å². The van der Waals surface area contributed by atoms with Crippen molar-refractivity contribution >= 4 is 5.82 Å². The Labute approximate surface area is 126 Å². The largest absolute Gasteiger partial charge is 0.384 e. The maximum absolute atomic E-state index is 6.12. The molecule has 4 heteroatoms. The average Bonchev–Trinajstić information content (AvgIpc) is 2.83. The summed E-state index contributed by atoms with van der Waals surface area (Å²) in [5.41, 5.74) is 9.45. The molecule has 1 aromatic carbocycles. The molecule has 0 saturated carbocycles. The first-order valence-corrected chi connectivity index (χ1v) is 7.75. The number of hydrogen-bond acceptors (Lipinski definition) is 3. The number of aromatic nitrogens is 2. The maximum atomic E-state index is 6.12. The number of piperidine rings is 1. The Bertz CT molecular complexity index is 592. The van der Waals surface area contributed by atoms with Crippen molar-refractivity contribution in [1.29, 1.82) is 0 Å². The van der Waals surface area contributed by atoms with Gasteiger partial charge < -0.3 is 5.73 Å². The zero-order valence-electron chi connectivity index (χ0n) is 12.9. The van der Waals surface area contributed by atoms with Gasteiger partial charge in [0.25, 0.3) is 0 Å². The van der Waals surface area contributed by atoms with Gasteiger partial charge in [0.15, 0.2) is 0 Å². The van der Waals surface area contributed by atoms with Gasteiger partial charge in [-0.2, -0.15) is 5.10 Å². The molecular formula is C17H24N4. The van der Waals surface area contributed by atoms with Crippen LogP contribution >= 0.6 is 0 Å². The molecular weight excluding hydrogens is 260 g/mol. The molecule has 0 aliphatic carbocycles. The quantitative estimate of drug-likeness (QED) is 0.942. The molecule has 2 N–H and O–H groups in total. The van der Waals surface area contributed by atoms with Gasteiger partial charge in [0.2, 0.25) is 0 Å². The molecule has 112 valence electrons. The van der Waals surface area contributed by atoms with Crippen LogP contribution in [0.3, 0.4) is 0 Å². The highest BCUT2D eigenvalue weighted by Gasteiger charge is 2.17. The summed E-state index contributed by atoms with van der Waals surface area (Å²) in [7, 11) is 0. The third-order valence-electron chi connectivity index (χ3n) is 4.33. The molecule has 1 fully saturated rings. The van der Waals surface area contributed by atoms with E-state index in [0.717, 1.165) is 23.8 Å². The van der Waals surface area contributed by atoms with E-state index in [9.17, 15) is 0 Å². The molecule has 1 aromatic heterocycles. The van der Waals surface area contributed by atoms with E-state index in [1.165, 1.54) is 31.5 Å². The Kier molecular flexibility index (Phi) is 3.97. The molecule has 0 unspecified atom stereocenters. The summed E-state index contributed by atoms with van der Waals surface area (Å²) in [6.45, 7) is 7.65. The highest BCUT2D eigenvalue weighted by atomic mass is 15.3. The lowest BCUT2D eigenvalue weighted by Gasteiger charge is -2.29. The maximum Gasteiger partial charge on any atom is 0.127 e. The summed E-state index contributed by atoms with van der Waals surface area (Å²) in [4.78, 5) is 2.47. The van der Waals surface area contributed by atoms with Crippen LogP contribution in [0.25, 0.3) is 5.69 Å². The highest BCUT2D eigenvalue weighted by molar-refractivity contribution is 5.43. The fraction of sp³-hybridized carbons (Fsp3) is 0.471. The topological polar surface area (TPSA) is 47.1 Å². The Balaban J connectivity index is 1.73. The Morgan fingerprint density at radius 1 is 1.19 bits per heavy atom. The second kappa shape index (κ2) is 5.90. The predicted molar refractivity (Wildman–Crippen MR) is 86.4 cm³/mol. The minimum Gasteiger partial charge on any atom is -0.384 e. The van der Waals surface area contributed by atoms with Gasteiger partial charge in [-0.25, -0.2) is 4.68 Å². The van der Waals surface area contributed by atoms with Crippen molar-refractivity contribution in [3.63, 3.8) is 0 Å². The summed E-state index contributed by atoms with van der Waals surface area (Å²) in [5.74, 6) is 1.57. The van der Waals surface area contributed by atoms with Crippen molar-refractivity contribution < 1.29 is 0 Å². The first kappa shape index (κ1) is 14.1. The van der Waals surface area contributed by atoms with Crippen molar-refractivity contribution in [1.82, 2.24) is 14.7 Å². The van der Waals surface area contributed by atoms with Crippen molar-refractivity contribution in [3.8, 4) is 5.69 Å². The number of likely N-dealkylation sites (tertiary alicyclic amines) is 1. The first-order chi connectivity index (χ1) is 10.1. The van der Waals surface area contributed by atoms with Crippen molar-refractivity contribution in [2.75, 3.05) is 18.8 Å². The normalized spacial score (nSPS) is 17.2. The fourth-order valence-electron chi connectivity index (χ4n) is 2.87. The minimum absolute atomic E-state index is 0.708. The molecule has 0 spiro atoms. The Morgan fingerprint density at radius 3 is 2.52 bits per heavy atom. The number of benzene rings is 1. The highest BCUT2D eigenvalue weighted by Crippen LogP contribution is 2.20. The number of nitrogens with zero attached hydrogens (tertiary/aromatic N) is 3. The third-order valence-corrected chi connectivity index (χ3v) is 4.33. The standard InChI is InChI=1S/C17H24N4/c1-13-3-5-16(6-4-13)21-17(18)11-15(19-21)12-20-9-7-14(2)8-10-20/h3-6,11,14H,7-10,12,18H2,1-2H3. The Hall–Kier alpha value is -1.81. The smallest absolute Gasteiger partial charge is 0.127 e. The van der Waals surface area contributed by atoms with Crippen molar-refractivity contribution in [2.24, 2.45) is 5.92 Å². The number of aryl methyl sites for hydroxylation is 1. The first-order valence-electron chi connectivity index (χ1n) is 7.75. The second-order valence-corrected chi connectivity index (χ2v) is 6.27. The van der Waals surface area contributed by atoms with Gasteiger partial charge in [0.1, 0.15) is 5.82 Å². The second-order valence-electron chi connectivity index (χ2n) is 6.27. The van der Waals surface area contributed by atoms with Crippen LogP contribution in [0.5, 0.6) is 0 Å². The zero-order valence-corrected chi connectivity index (χ0v) is 12.9. The summed E-state index contributed by atoms with van der Waals surface area (Å²) < 4.78 is 1.83. The predicted octanol–water partition coefficient (Wildman–Crippen LogP) is 2.99. The number of hydrogen-bond donors (Lipinski definition) is 1. The van der Waals surface area contributed by atoms with E-state index in [-0.39, 0.29) is 0 Å². The van der Waals surface area contributed by atoms with E-state index in [1.807, 2.05) is 10.7 Å². The van der Waals surface area contributed by atoms with Crippen LogP contribution in [0.1, 0.15) is 31.0 Å². The molecule has 1 saturated heterocycles. The number of anilines is 1. The van der Waals surface area contributed by atoms with Crippen LogP contribution in [0.2, 0.25) is 0 Å². The molecule has 0 atom stereocenters. The molecule has 1 aliphatic rings. The van der Waals surface area contributed by atoms with E-state index in [1.54, 1.807) is 0 Å². The van der Waals surface area contributed by atoms with Gasteiger partial charge in [0, 0.05) is 12.6 Å². The van der Waals surface area contributed by atoms with Gasteiger partial charge in [-0.05, 0) is 50.9 Å². The molecule has 1 aliphatic heterocycles. The van der Waals surface area contributed by atoms with Gasteiger partial charge in [-0.15, -0.1) is 0 Å². The summed E-state index contributed by atoms with van der Waals surface area (Å²) in [5, 5.41) is 4.67. The SMILES string of the molecule is Cc1ccc(-n2nc(CN3CCC(C)CC3)cc2N)cc1. The fourth-order valence-corrected chi connectivity index (χ4v) is 2.87. The summed E-state index contributed by atoms with van der Waals surface area (Å²) in [6.07, 6.45) is 2.57. The molecule has 2 aromatic rings. The van der Waals surface area contributed by atoms with Gasteiger partial charge in [0.05, 0.1) is 11.4 Å². The van der Waals surface area contributed by atoms with E-state index >= 15 is 0 Å². The molecule has 21 heavy (non-hydrogen) atoms. The average molecular weight is 284 g/mol. The lowest BCUT2D eigenvalue weighted by molar-refractivity contribution is 0.183. The van der Waals surface area contributed by atoms with E-state index in [2.05, 4.69) is 48.1 Å². The van der Waals surface area contributed by atoms with E-state index < -0.39 is 0 Å². The molecule has 0 radical (unpaired) electrons. The third kappa shape index (κ3) is 3.27. The molecule has 2 heterocycles. The molecule has 3 rings (SSSR count). The van der Waals surface area contributed by atoms with Crippen LogP contribution in [0.15, 0.2) is 30.3 Å². The number of nitrogens with two attached hydrogens (primary N) is 1. The lowest BCUT2D eigenvalue weighted by atomic mass is 9.99. The summed E-state index contributed by atoms with van der Waals surface area (Å²) >= 11 is 0. The van der Waals surface area contributed by atoms with Crippen LogP contribution in [0, 0.1) is 12.8 Å². The van der Waals surface area contributed by atoms with Gasteiger partial charge in [-0.1, -0.05) is 24.6 Å². The van der Waals surface area contributed by atoms with Gasteiger partial charge >= 0.3 is 0 Å². The van der Waals surface area contributed by atoms with Gasteiger partial charge in [-0.3, -0.25) is 4.90 Å². The van der Waals surface area contributed by atoms with E-state index in [0.29, 0.717) is 5.82 Å². The molecule has 0 bridgehead atoms. The monoisotopic (exact) mass is 284 g/mol. The zero-order chi connectivity index (χ0) is 14.8. The van der Waals surface area contributed by atoms with Crippen LogP contribution in [-0.2, 0) is 6.54 Å². The molecule has 4 nitrogen and oxygen atoms in total. The van der Waals surface area contributed by atoms with Crippen molar-refractivity contribution in [2.45, 2.75) is 33.2 Å². The Morgan fingerprint density at radius 2 is 1.86 bits per heavy atom. The molecule has 0 amide bonds. The number of nitrogen functional groups attached to an aromatic ring is 1. The minimum atomic E-state index is 0.708. The number of rotatable bonds is 3. The lowest BCUT2D eigenvalue weighted by Crippen LogP contribution is -2.32. The summed E-state index contributed by atoms with van der Waals surface area (Å²) in [6, 6.07) is 10.3. The van der Waals surface area contributed by atoms with Crippen LogP contribution in [0.4, 0.5) is 5.82 Å². The van der Waals surface area contributed by atoms with Crippen molar-refractivity contribution in [3.05, 3.63) is 41.6 Å².